The Hall–Kier alpha value is -0.710. The summed E-state index contributed by atoms with van der Waals surface area (Å²) in [4.78, 5) is 0. The molecule has 1 saturated carbocycles. The molecule has 0 N–H and O–H groups in total. The predicted molar refractivity (Wildman–Crippen MR) is 80.6 cm³/mol. The number of rotatable bonds is 4. The average Bonchev–Trinajstić information content (AvgIpc) is 2.46. The van der Waals surface area contributed by atoms with Crippen molar-refractivity contribution in [3.8, 4) is 6.07 Å². The zero-order valence-corrected chi connectivity index (χ0v) is 12.5. The molecule has 1 nitrogen and oxygen atoms in total. The Morgan fingerprint density at radius 1 is 1.21 bits per heavy atom. The molecule has 1 aliphatic rings. The van der Waals surface area contributed by atoms with Crippen LogP contribution in [0.25, 0.3) is 0 Å². The SMILES string of the molecule is N#CC(CC(Cl)C1CCCCC1)c1ccccc1Cl. The van der Waals surface area contributed by atoms with Gasteiger partial charge in [0.25, 0.3) is 0 Å². The lowest BCUT2D eigenvalue weighted by Crippen LogP contribution is -2.20. The Bertz CT molecular complexity index is 446. The average molecular weight is 296 g/mol. The topological polar surface area (TPSA) is 23.8 Å². The first kappa shape index (κ1) is 14.7. The largest absolute Gasteiger partial charge is 0.198 e. The molecule has 1 aliphatic carbocycles. The summed E-state index contributed by atoms with van der Waals surface area (Å²) >= 11 is 12.7. The van der Waals surface area contributed by atoms with E-state index in [0.29, 0.717) is 17.4 Å². The summed E-state index contributed by atoms with van der Waals surface area (Å²) in [6.45, 7) is 0. The maximum absolute atomic E-state index is 9.38. The summed E-state index contributed by atoms with van der Waals surface area (Å²) in [6, 6.07) is 9.94. The molecule has 0 bridgehead atoms. The third kappa shape index (κ3) is 3.88. The molecule has 3 heteroatoms. The van der Waals surface area contributed by atoms with Crippen LogP contribution >= 0.6 is 23.2 Å². The van der Waals surface area contributed by atoms with Gasteiger partial charge in [-0.25, -0.2) is 0 Å². The van der Waals surface area contributed by atoms with E-state index in [9.17, 15) is 5.26 Å². The van der Waals surface area contributed by atoms with E-state index in [1.807, 2.05) is 24.3 Å². The highest BCUT2D eigenvalue weighted by Gasteiger charge is 2.26. The summed E-state index contributed by atoms with van der Waals surface area (Å²) in [5, 5.41) is 10.1. The van der Waals surface area contributed by atoms with Crippen LogP contribution in [0.1, 0.15) is 50.0 Å². The van der Waals surface area contributed by atoms with Crippen molar-refractivity contribution in [2.75, 3.05) is 0 Å². The van der Waals surface area contributed by atoms with Crippen molar-refractivity contribution in [1.29, 1.82) is 5.26 Å². The highest BCUT2D eigenvalue weighted by molar-refractivity contribution is 6.31. The molecule has 1 fully saturated rings. The van der Waals surface area contributed by atoms with Gasteiger partial charge in [0.2, 0.25) is 0 Å². The summed E-state index contributed by atoms with van der Waals surface area (Å²) in [5.74, 6) is 0.367. The lowest BCUT2D eigenvalue weighted by Gasteiger charge is -2.27. The molecule has 2 atom stereocenters. The second-order valence-corrected chi connectivity index (χ2v) is 6.32. The molecule has 0 aromatic heterocycles. The molecule has 1 aromatic rings. The van der Waals surface area contributed by atoms with Crippen LogP contribution < -0.4 is 0 Å². The van der Waals surface area contributed by atoms with Crippen molar-refractivity contribution in [3.63, 3.8) is 0 Å². The van der Waals surface area contributed by atoms with Crippen LogP contribution in [0.15, 0.2) is 24.3 Å². The molecular formula is C16H19Cl2N. The maximum Gasteiger partial charge on any atom is 0.0741 e. The summed E-state index contributed by atoms with van der Waals surface area (Å²) in [6.07, 6.45) is 6.98. The maximum atomic E-state index is 9.38. The first-order chi connectivity index (χ1) is 9.22. The van der Waals surface area contributed by atoms with Crippen molar-refractivity contribution in [3.05, 3.63) is 34.9 Å². The standard InChI is InChI=1S/C16H19Cl2N/c17-15-9-5-4-8-14(15)13(11-19)10-16(18)12-6-2-1-3-7-12/h4-5,8-9,12-13,16H,1-3,6-7,10H2. The van der Waals surface area contributed by atoms with Crippen LogP contribution in [0.4, 0.5) is 0 Å². The number of hydrogen-bond donors (Lipinski definition) is 0. The molecule has 0 spiro atoms. The van der Waals surface area contributed by atoms with Gasteiger partial charge in [-0.15, -0.1) is 11.6 Å². The number of nitrogens with zero attached hydrogens (tertiary/aromatic N) is 1. The van der Waals surface area contributed by atoms with Gasteiger partial charge < -0.3 is 0 Å². The molecule has 1 aromatic carbocycles. The Morgan fingerprint density at radius 3 is 2.53 bits per heavy atom. The fourth-order valence-electron chi connectivity index (χ4n) is 2.92. The molecule has 19 heavy (non-hydrogen) atoms. The summed E-state index contributed by atoms with van der Waals surface area (Å²) in [5.41, 5.74) is 0.910. The third-order valence-electron chi connectivity index (χ3n) is 4.06. The molecule has 102 valence electrons. The minimum Gasteiger partial charge on any atom is -0.198 e. The van der Waals surface area contributed by atoms with Gasteiger partial charge in [-0.3, -0.25) is 0 Å². The molecule has 0 aliphatic heterocycles. The Morgan fingerprint density at radius 2 is 1.89 bits per heavy atom. The first-order valence-corrected chi connectivity index (χ1v) is 7.82. The highest BCUT2D eigenvalue weighted by atomic mass is 35.5. The van der Waals surface area contributed by atoms with E-state index in [2.05, 4.69) is 6.07 Å². The van der Waals surface area contributed by atoms with E-state index in [4.69, 9.17) is 23.2 Å². The van der Waals surface area contributed by atoms with E-state index in [-0.39, 0.29) is 11.3 Å². The second kappa shape index (κ2) is 7.17. The van der Waals surface area contributed by atoms with E-state index < -0.39 is 0 Å². The number of nitriles is 1. The van der Waals surface area contributed by atoms with Gasteiger partial charge in [-0.05, 0) is 36.8 Å². The van der Waals surface area contributed by atoms with Crippen molar-refractivity contribution in [1.82, 2.24) is 0 Å². The van der Waals surface area contributed by atoms with Crippen molar-refractivity contribution in [2.24, 2.45) is 5.92 Å². The van der Waals surface area contributed by atoms with Crippen LogP contribution in [-0.4, -0.2) is 5.38 Å². The van der Waals surface area contributed by atoms with Crippen LogP contribution in [0, 0.1) is 17.2 Å². The van der Waals surface area contributed by atoms with Gasteiger partial charge in [0, 0.05) is 10.4 Å². The molecule has 2 unspecified atom stereocenters. The quantitative estimate of drug-likeness (QED) is 0.671. The number of alkyl halides is 1. The Balaban J connectivity index is 2.03. The van der Waals surface area contributed by atoms with Gasteiger partial charge in [-0.2, -0.15) is 5.26 Å². The number of benzene rings is 1. The molecule has 0 heterocycles. The monoisotopic (exact) mass is 295 g/mol. The van der Waals surface area contributed by atoms with E-state index in [1.54, 1.807) is 0 Å². The molecule has 0 saturated heterocycles. The van der Waals surface area contributed by atoms with Crippen molar-refractivity contribution in [2.45, 2.75) is 49.8 Å². The van der Waals surface area contributed by atoms with Crippen LogP contribution in [0.2, 0.25) is 5.02 Å². The Labute approximate surface area is 125 Å². The molecule has 0 radical (unpaired) electrons. The smallest absolute Gasteiger partial charge is 0.0741 e. The second-order valence-electron chi connectivity index (χ2n) is 5.35. The van der Waals surface area contributed by atoms with Gasteiger partial charge in [0.05, 0.1) is 12.0 Å². The van der Waals surface area contributed by atoms with Crippen molar-refractivity contribution >= 4 is 23.2 Å². The van der Waals surface area contributed by atoms with E-state index >= 15 is 0 Å². The lowest BCUT2D eigenvalue weighted by molar-refractivity contribution is 0.334. The van der Waals surface area contributed by atoms with Gasteiger partial charge in [0.1, 0.15) is 0 Å². The Kier molecular flexibility index (Phi) is 5.55. The highest BCUT2D eigenvalue weighted by Crippen LogP contribution is 2.36. The number of hydrogen-bond acceptors (Lipinski definition) is 1. The predicted octanol–water partition coefficient (Wildman–Crippen LogP) is 5.52. The van der Waals surface area contributed by atoms with Crippen LogP contribution in [0.5, 0.6) is 0 Å². The third-order valence-corrected chi connectivity index (χ3v) is 4.94. The van der Waals surface area contributed by atoms with Crippen molar-refractivity contribution < 1.29 is 0 Å². The lowest BCUT2D eigenvalue weighted by atomic mass is 9.82. The number of halogens is 2. The molecule has 2 rings (SSSR count). The zero-order valence-electron chi connectivity index (χ0n) is 11.0. The normalized spacial score (nSPS) is 19.6. The summed E-state index contributed by atoms with van der Waals surface area (Å²) in [7, 11) is 0. The fraction of sp³-hybridized carbons (Fsp3) is 0.562. The summed E-state index contributed by atoms with van der Waals surface area (Å²) < 4.78 is 0. The first-order valence-electron chi connectivity index (χ1n) is 7.00. The molecule has 0 amide bonds. The van der Waals surface area contributed by atoms with Gasteiger partial charge in [0.15, 0.2) is 0 Å². The minimum atomic E-state index is -0.196. The molecular weight excluding hydrogens is 277 g/mol. The minimum absolute atomic E-state index is 0.0845. The van der Waals surface area contributed by atoms with Crippen LogP contribution in [0.3, 0.4) is 0 Å². The van der Waals surface area contributed by atoms with E-state index in [1.165, 1.54) is 32.1 Å². The zero-order chi connectivity index (χ0) is 13.7. The van der Waals surface area contributed by atoms with Gasteiger partial charge in [-0.1, -0.05) is 49.1 Å². The van der Waals surface area contributed by atoms with Crippen LogP contribution in [-0.2, 0) is 0 Å². The van der Waals surface area contributed by atoms with Gasteiger partial charge >= 0.3 is 0 Å². The van der Waals surface area contributed by atoms with E-state index in [0.717, 1.165) is 5.56 Å². The fourth-order valence-corrected chi connectivity index (χ4v) is 3.62.